The van der Waals surface area contributed by atoms with E-state index < -0.39 is 53.5 Å². The van der Waals surface area contributed by atoms with Gasteiger partial charge in [0.1, 0.15) is 40.5 Å². The van der Waals surface area contributed by atoms with E-state index in [-0.39, 0.29) is 74.1 Å². The van der Waals surface area contributed by atoms with Gasteiger partial charge >= 0.3 is 54.1 Å². The topological polar surface area (TPSA) is 348 Å². The Hall–Kier alpha value is -12.7. The largest absolute Gasteiger partial charge is 0.519 e. The highest BCUT2D eigenvalue weighted by Gasteiger charge is 2.31. The van der Waals surface area contributed by atoms with E-state index in [0.29, 0.717) is 18.3 Å². The molecular formula is C119H151BrN2O22S3. The van der Waals surface area contributed by atoms with E-state index in [1.807, 2.05) is 264 Å². The zero-order valence-corrected chi connectivity index (χ0v) is 93.1. The number of carboxylic acid groups (broad SMARTS) is 2. The first-order chi connectivity index (χ1) is 69.7. The van der Waals surface area contributed by atoms with E-state index in [1.165, 1.54) is 63.4 Å². The molecule has 28 heteroatoms. The predicted molar refractivity (Wildman–Crippen MR) is 594 cm³/mol. The number of carbonyl (C=O) groups excluding carboxylic acids is 7. The molecule has 11 rings (SSSR count). The maximum Gasteiger partial charge on any atom is 0.519 e. The van der Waals surface area contributed by atoms with Crippen molar-refractivity contribution in [3.63, 3.8) is 0 Å². The van der Waals surface area contributed by atoms with Gasteiger partial charge in [-0.2, -0.15) is 0 Å². The summed E-state index contributed by atoms with van der Waals surface area (Å²) < 4.78 is 53.0. The summed E-state index contributed by atoms with van der Waals surface area (Å²) >= 11 is 8.65. The van der Waals surface area contributed by atoms with Crippen LogP contribution >= 0.6 is 51.2 Å². The van der Waals surface area contributed by atoms with Crippen LogP contribution < -0.4 is 25.7 Å². The number of aryl methyl sites for hydroxylation is 1. The fraction of sp³-hybridized carbons (Fsp3) is 0.370. The van der Waals surface area contributed by atoms with Crippen molar-refractivity contribution in [3.8, 4) is 17.2 Å². The number of thioether (sulfide) groups is 3. The third kappa shape index (κ3) is 54.5. The number of carboxylic acids is 2. The molecule has 0 aliphatic carbocycles. The van der Waals surface area contributed by atoms with Gasteiger partial charge in [-0.15, -0.1) is 35.3 Å². The minimum absolute atomic E-state index is 0.0103. The van der Waals surface area contributed by atoms with Gasteiger partial charge in [0, 0.05) is 33.0 Å². The molecule has 0 aliphatic rings. The van der Waals surface area contributed by atoms with Crippen LogP contribution in [0.4, 0.5) is 9.59 Å². The molecular weight excluding hydrogens is 1990 g/mol. The lowest BCUT2D eigenvalue weighted by molar-refractivity contribution is -0.145. The van der Waals surface area contributed by atoms with Crippen LogP contribution in [-0.4, -0.2) is 144 Å². The number of methoxy groups -OCH3 is 8. The molecule has 24 nitrogen and oxygen atoms in total. The highest BCUT2D eigenvalue weighted by molar-refractivity contribution is 9.09. The second-order valence-electron chi connectivity index (χ2n) is 37.2. The van der Waals surface area contributed by atoms with Crippen LogP contribution in [0.1, 0.15) is 184 Å². The molecule has 794 valence electrons. The predicted octanol–water partition coefficient (Wildman–Crippen LogP) is 26.1. The zero-order chi connectivity index (χ0) is 110. The van der Waals surface area contributed by atoms with Crippen molar-refractivity contribution in [3.05, 3.63) is 376 Å². The van der Waals surface area contributed by atoms with E-state index in [4.69, 9.17) is 49.7 Å². The van der Waals surface area contributed by atoms with E-state index in [1.54, 1.807) is 105 Å². The minimum atomic E-state index is -1.06. The number of hydrogen-bond donors (Lipinski definition) is 4. The van der Waals surface area contributed by atoms with Gasteiger partial charge in [0.15, 0.2) is 0 Å². The molecule has 0 spiro atoms. The number of rotatable bonds is 34. The van der Waals surface area contributed by atoms with Crippen molar-refractivity contribution in [2.45, 2.75) is 191 Å². The maximum absolute atomic E-state index is 12.0. The van der Waals surface area contributed by atoms with Crippen molar-refractivity contribution in [2.75, 3.05) is 56.9 Å². The fourth-order valence-corrected chi connectivity index (χ4v) is 17.9. The molecule has 147 heavy (non-hydrogen) atoms. The molecule has 11 unspecified atom stereocenters. The summed E-state index contributed by atoms with van der Waals surface area (Å²) in [5.41, 5.74) is 23.9. The van der Waals surface area contributed by atoms with Crippen LogP contribution in [0.25, 0.3) is 0 Å². The third-order valence-corrected chi connectivity index (χ3v) is 27.3. The number of benzene rings is 11. The number of carbonyl (C=O) groups is 9. The van der Waals surface area contributed by atoms with Gasteiger partial charge in [-0.3, -0.25) is 33.6 Å². The summed E-state index contributed by atoms with van der Waals surface area (Å²) in [4.78, 5) is 101. The summed E-state index contributed by atoms with van der Waals surface area (Å²) in [5.74, 6) is 1.05. The average molecular weight is 2140 g/mol. The molecule has 0 bridgehead atoms. The molecule has 0 saturated carbocycles. The summed E-state index contributed by atoms with van der Waals surface area (Å²) in [6.07, 6.45) is 0.693. The molecule has 0 saturated heterocycles. The fourth-order valence-electron chi connectivity index (χ4n) is 13.5. The molecule has 11 aromatic rings. The van der Waals surface area contributed by atoms with Crippen molar-refractivity contribution >= 4 is 105 Å². The highest BCUT2D eigenvalue weighted by atomic mass is 79.9. The highest BCUT2D eigenvalue weighted by Crippen LogP contribution is 2.42. The first-order valence-corrected chi connectivity index (χ1v) is 52.0. The molecule has 11 aromatic carbocycles. The van der Waals surface area contributed by atoms with Crippen LogP contribution in [0.3, 0.4) is 0 Å². The molecule has 0 heterocycles. The molecule has 0 aliphatic heterocycles. The number of esters is 5. The Morgan fingerprint density at radius 3 is 0.844 bits per heavy atom. The second-order valence-corrected chi connectivity index (χ2v) is 41.5. The number of alkyl halides is 1. The van der Waals surface area contributed by atoms with Crippen LogP contribution in [0, 0.1) is 41.9 Å². The standard InChI is InChI=1S/2C19H22O3S.C18H20O3S.C12H18.C11H13BrO2.C11H14O2.C10H13NO2.C10H18O5.C9H11NO2/c2*1-14(19(20)22-3)18(16-7-5-4-6-8-16)23-13-15-9-11-17(21-2)12-10-15;1-13(18(19)20)17(15-6-4-3-5-7-15)22-12-14-8-10-16(21-2)11-9-14;1-10-5-7-11(8-6-10)9-12(2,3)4;1-8(11(13)14-2)10(12)9-6-4-3-5-7-9;1-9(11(12)13-2)8-10-6-4-3-5-7-10;1-13-10(12)9(11)7-8-5-3-2-4-6-8;1-9(2,3)14-7(11)13-8(12)15-10(4,5)6;10-8(9(11)12)6-7-4-2-1-3-5-7/h2*4-12,14,18H,13H2,1-3H3;3-11,13,17H,12H2,1-2H3,(H,19,20);5-8H,9H2,1-4H3;3-8,10H,1-2H3;3-7,9H,8H2,1-2H3;2-6,9H,7,11H2,1H3;1-6H3;1-5,8H,6,10H2,(H,11,12). The summed E-state index contributed by atoms with van der Waals surface area (Å²) in [6.45, 7) is 28.3. The summed E-state index contributed by atoms with van der Waals surface area (Å²) in [7, 11) is 12.0. The van der Waals surface area contributed by atoms with Gasteiger partial charge in [-0.25, -0.2) is 9.59 Å². The monoisotopic (exact) mass is 2130 g/mol. The number of nitrogens with two attached hydrogens (primary N) is 2. The normalized spacial score (nSPS) is 12.8. The Morgan fingerprint density at radius 2 is 0.571 bits per heavy atom. The second kappa shape index (κ2) is 70.2. The Labute approximate surface area is 892 Å². The molecule has 0 amide bonds. The van der Waals surface area contributed by atoms with Crippen LogP contribution in [0.15, 0.2) is 309 Å². The molecule has 0 aromatic heterocycles. The number of ether oxygens (including phenoxy) is 11. The van der Waals surface area contributed by atoms with Crippen molar-refractivity contribution < 1.29 is 105 Å². The quantitative estimate of drug-likeness (QED) is 0.0126. The maximum atomic E-state index is 12.0. The van der Waals surface area contributed by atoms with Gasteiger partial charge in [0.25, 0.3) is 0 Å². The van der Waals surface area contributed by atoms with Crippen LogP contribution in [-0.2, 0) is 114 Å². The Balaban J connectivity index is 0.000000430. The van der Waals surface area contributed by atoms with Gasteiger partial charge in [-0.1, -0.05) is 350 Å². The molecule has 0 radical (unpaired) electrons. The lowest BCUT2D eigenvalue weighted by atomic mass is 9.88. The van der Waals surface area contributed by atoms with Crippen LogP contribution in [0.5, 0.6) is 17.2 Å². The lowest BCUT2D eigenvalue weighted by Gasteiger charge is -2.22. The van der Waals surface area contributed by atoms with E-state index in [0.717, 1.165) is 86.3 Å². The van der Waals surface area contributed by atoms with Crippen LogP contribution in [0.2, 0.25) is 0 Å². The minimum Gasteiger partial charge on any atom is -0.497 e. The van der Waals surface area contributed by atoms with Gasteiger partial charge in [0.05, 0.1) is 91.3 Å². The molecule has 0 fully saturated rings. The first-order valence-electron chi connectivity index (χ1n) is 48.0. The zero-order valence-electron chi connectivity index (χ0n) is 89.1. The average Bonchev–Trinajstić information content (AvgIpc) is 0.854. The van der Waals surface area contributed by atoms with E-state index in [9.17, 15) is 48.3 Å². The van der Waals surface area contributed by atoms with Crippen molar-refractivity contribution in [1.29, 1.82) is 0 Å². The summed E-state index contributed by atoms with van der Waals surface area (Å²) in [6, 6.07) is 100. The lowest BCUT2D eigenvalue weighted by Crippen LogP contribution is -2.33. The first kappa shape index (κ1) is 128. The number of hydrogen-bond acceptors (Lipinski definition) is 25. The molecule has 11 atom stereocenters. The third-order valence-electron chi connectivity index (χ3n) is 21.4. The Kier molecular flexibility index (Phi) is 61.3. The van der Waals surface area contributed by atoms with E-state index in [2.05, 4.69) is 135 Å². The SMILES string of the molecule is CC(C)(C)OC(=O)OC(=O)OC(C)(C)C.COC(=O)C(C)C(Br)c1ccccc1.COC(=O)C(C)C(SCc1ccc(OC)cc1)c1ccccc1.COC(=O)C(C)C(SCc1ccc(OC)cc1)c1ccccc1.COC(=O)C(C)Cc1ccccc1.COC(=O)C(N)Cc1ccccc1.COc1ccc(CSC(c2ccccc2)C(C)C(=O)O)cc1.Cc1ccc(CC(C)(C)C)cc1.NC(Cc1ccccc1)C(=O)O. The van der Waals surface area contributed by atoms with Crippen molar-refractivity contribution in [1.82, 2.24) is 0 Å². The summed E-state index contributed by atoms with van der Waals surface area (Å²) in [5, 5.41) is 17.9. The Morgan fingerprint density at radius 1 is 0.306 bits per heavy atom. The smallest absolute Gasteiger partial charge is 0.497 e. The van der Waals surface area contributed by atoms with Gasteiger partial charge < -0.3 is 73.8 Å². The van der Waals surface area contributed by atoms with E-state index >= 15 is 0 Å². The van der Waals surface area contributed by atoms with Gasteiger partial charge in [0.2, 0.25) is 0 Å². The van der Waals surface area contributed by atoms with Crippen molar-refractivity contribution in [2.24, 2.45) is 46.5 Å². The van der Waals surface area contributed by atoms with Gasteiger partial charge in [-0.05, 0) is 177 Å². The number of aliphatic carboxylic acids is 2. The number of halogens is 1. The Bertz CT molecular complexity index is 5340. The molecule has 6 N–H and O–H groups in total.